The van der Waals surface area contributed by atoms with E-state index in [0.29, 0.717) is 10.8 Å². The summed E-state index contributed by atoms with van der Waals surface area (Å²) in [5.74, 6) is 0.134. The number of rotatable bonds is 4. The lowest BCUT2D eigenvalue weighted by Crippen LogP contribution is -2.68. The maximum Gasteiger partial charge on any atom is 0.420 e. The first-order valence-electron chi connectivity index (χ1n) is 10.8. The summed E-state index contributed by atoms with van der Waals surface area (Å²) in [6.07, 6.45) is -4.62. The molecule has 1 aliphatic rings. The standard InChI is InChI=1S/C24H25ClF3N3O4/c1-21(2)11-23(34,24(26,27)28)22(33,15-8-9-16(25)19(35-4)18(15)21)12-29-17-7-5-6-13-14(17)10-30-31(3)20(13)32/h5-10,29,33-34H,11-12H2,1-4H3. The molecule has 1 aromatic heterocycles. The van der Waals surface area contributed by atoms with Crippen LogP contribution in [-0.4, -0.2) is 45.4 Å². The average Bonchev–Trinajstić information content (AvgIpc) is 2.77. The molecule has 0 radical (unpaired) electrons. The lowest BCUT2D eigenvalue weighted by atomic mass is 9.58. The molecule has 188 valence electrons. The van der Waals surface area contributed by atoms with Gasteiger partial charge in [0, 0.05) is 23.7 Å². The molecule has 2 atom stereocenters. The lowest BCUT2D eigenvalue weighted by Gasteiger charge is -2.53. The van der Waals surface area contributed by atoms with Crippen molar-refractivity contribution in [2.24, 2.45) is 7.05 Å². The van der Waals surface area contributed by atoms with Gasteiger partial charge < -0.3 is 20.3 Å². The SMILES string of the molecule is COc1c(Cl)ccc2c1C(C)(C)CC(O)(C(F)(F)F)C2(O)CNc1cccc2c(=O)n(C)ncc12. The van der Waals surface area contributed by atoms with Gasteiger partial charge in [-0.15, -0.1) is 0 Å². The van der Waals surface area contributed by atoms with Crippen molar-refractivity contribution in [1.29, 1.82) is 0 Å². The van der Waals surface area contributed by atoms with Gasteiger partial charge in [-0.1, -0.05) is 37.6 Å². The lowest BCUT2D eigenvalue weighted by molar-refractivity contribution is -0.330. The van der Waals surface area contributed by atoms with E-state index in [9.17, 15) is 28.2 Å². The van der Waals surface area contributed by atoms with Gasteiger partial charge in [-0.3, -0.25) is 4.79 Å². The van der Waals surface area contributed by atoms with Crippen LogP contribution in [0.1, 0.15) is 31.4 Å². The zero-order chi connectivity index (χ0) is 26.0. The molecule has 0 bridgehead atoms. The first kappa shape index (κ1) is 25.3. The minimum atomic E-state index is -5.18. The van der Waals surface area contributed by atoms with Crippen LogP contribution >= 0.6 is 11.6 Å². The van der Waals surface area contributed by atoms with Gasteiger partial charge in [0.2, 0.25) is 0 Å². The summed E-state index contributed by atoms with van der Waals surface area (Å²) < 4.78 is 49.9. The van der Waals surface area contributed by atoms with Gasteiger partial charge in [0.05, 0.1) is 30.3 Å². The smallest absolute Gasteiger partial charge is 0.420 e. The number of benzene rings is 2. The van der Waals surface area contributed by atoms with Gasteiger partial charge in [-0.2, -0.15) is 18.3 Å². The number of aryl methyl sites for hydroxylation is 1. The second-order valence-corrected chi connectivity index (χ2v) is 9.88. The molecule has 0 saturated carbocycles. The Hall–Kier alpha value is -2.82. The summed E-state index contributed by atoms with van der Waals surface area (Å²) in [4.78, 5) is 12.4. The number of aliphatic hydroxyl groups is 2. The predicted octanol–water partition coefficient (Wildman–Crippen LogP) is 3.87. The fraction of sp³-hybridized carbons (Fsp3) is 0.417. The Kier molecular flexibility index (Phi) is 5.86. The number of aromatic nitrogens is 2. The van der Waals surface area contributed by atoms with Crippen LogP contribution in [0.15, 0.2) is 41.3 Å². The maximum atomic E-state index is 14.4. The van der Waals surface area contributed by atoms with Crippen molar-refractivity contribution < 1.29 is 28.1 Å². The van der Waals surface area contributed by atoms with E-state index in [1.807, 2.05) is 0 Å². The van der Waals surface area contributed by atoms with Crippen LogP contribution in [0.2, 0.25) is 5.02 Å². The molecule has 0 amide bonds. The number of fused-ring (bicyclic) bond motifs is 2. The number of nitrogens with one attached hydrogen (secondary N) is 1. The van der Waals surface area contributed by atoms with Crippen LogP contribution in [0, 0.1) is 0 Å². The minimum Gasteiger partial charge on any atom is -0.495 e. The Morgan fingerprint density at radius 2 is 1.89 bits per heavy atom. The highest BCUT2D eigenvalue weighted by molar-refractivity contribution is 6.32. The molecule has 2 aromatic carbocycles. The highest BCUT2D eigenvalue weighted by atomic mass is 35.5. The van der Waals surface area contributed by atoms with Crippen LogP contribution in [0.3, 0.4) is 0 Å². The molecule has 2 unspecified atom stereocenters. The van der Waals surface area contributed by atoms with Crippen molar-refractivity contribution in [3.05, 3.63) is 63.0 Å². The molecule has 35 heavy (non-hydrogen) atoms. The summed E-state index contributed by atoms with van der Waals surface area (Å²) in [5, 5.41) is 30.5. The van der Waals surface area contributed by atoms with E-state index in [1.54, 1.807) is 18.2 Å². The second-order valence-electron chi connectivity index (χ2n) is 9.48. The van der Waals surface area contributed by atoms with Crippen LogP contribution in [-0.2, 0) is 18.1 Å². The third-order valence-electron chi connectivity index (χ3n) is 6.81. The van der Waals surface area contributed by atoms with Crippen molar-refractivity contribution in [1.82, 2.24) is 9.78 Å². The van der Waals surface area contributed by atoms with E-state index in [-0.39, 0.29) is 33.1 Å². The van der Waals surface area contributed by atoms with E-state index >= 15 is 0 Å². The molecule has 0 aliphatic heterocycles. The average molecular weight is 512 g/mol. The second kappa shape index (κ2) is 8.11. The fourth-order valence-corrected chi connectivity index (χ4v) is 5.32. The quantitative estimate of drug-likeness (QED) is 0.492. The molecule has 1 heterocycles. The summed E-state index contributed by atoms with van der Waals surface area (Å²) >= 11 is 6.26. The third-order valence-corrected chi connectivity index (χ3v) is 7.11. The third kappa shape index (κ3) is 3.66. The molecule has 7 nitrogen and oxygen atoms in total. The van der Waals surface area contributed by atoms with E-state index in [0.717, 1.165) is 4.68 Å². The molecule has 0 saturated heterocycles. The Balaban J connectivity index is 1.92. The zero-order valence-corrected chi connectivity index (χ0v) is 20.3. The van der Waals surface area contributed by atoms with Crippen molar-refractivity contribution >= 4 is 28.1 Å². The number of methoxy groups -OCH3 is 1. The topological polar surface area (TPSA) is 96.6 Å². The molecular formula is C24H25ClF3N3O4. The minimum absolute atomic E-state index is 0.134. The number of anilines is 1. The molecule has 0 fully saturated rings. The number of halogens is 4. The molecule has 3 aromatic rings. The van der Waals surface area contributed by atoms with Crippen molar-refractivity contribution in [3.8, 4) is 5.75 Å². The molecule has 1 aliphatic carbocycles. The Bertz CT molecular complexity index is 1370. The van der Waals surface area contributed by atoms with Gasteiger partial charge >= 0.3 is 6.18 Å². The van der Waals surface area contributed by atoms with Gasteiger partial charge in [-0.25, -0.2) is 4.68 Å². The number of hydrogen-bond acceptors (Lipinski definition) is 6. The first-order chi connectivity index (χ1) is 16.2. The highest BCUT2D eigenvalue weighted by Gasteiger charge is 2.71. The van der Waals surface area contributed by atoms with E-state index in [4.69, 9.17) is 16.3 Å². The Morgan fingerprint density at radius 3 is 2.51 bits per heavy atom. The summed E-state index contributed by atoms with van der Waals surface area (Å²) in [7, 11) is 2.82. The van der Waals surface area contributed by atoms with Crippen LogP contribution in [0.25, 0.3) is 10.8 Å². The highest BCUT2D eigenvalue weighted by Crippen LogP contribution is 2.59. The van der Waals surface area contributed by atoms with Crippen LogP contribution in [0.4, 0.5) is 18.9 Å². The van der Waals surface area contributed by atoms with Gasteiger partial charge in [0.1, 0.15) is 11.4 Å². The van der Waals surface area contributed by atoms with Gasteiger partial charge in [0.15, 0.2) is 5.60 Å². The van der Waals surface area contributed by atoms with Crippen LogP contribution in [0.5, 0.6) is 5.75 Å². The number of hydrogen-bond donors (Lipinski definition) is 3. The van der Waals surface area contributed by atoms with E-state index < -0.39 is 35.8 Å². The Morgan fingerprint density at radius 1 is 1.20 bits per heavy atom. The predicted molar refractivity (Wildman–Crippen MR) is 126 cm³/mol. The largest absolute Gasteiger partial charge is 0.495 e. The number of nitrogens with zero attached hydrogens (tertiary/aromatic N) is 2. The number of alkyl halides is 3. The van der Waals surface area contributed by atoms with E-state index in [2.05, 4.69) is 10.4 Å². The van der Waals surface area contributed by atoms with Crippen molar-refractivity contribution in [2.75, 3.05) is 19.0 Å². The van der Waals surface area contributed by atoms with Crippen molar-refractivity contribution in [3.63, 3.8) is 0 Å². The fourth-order valence-electron chi connectivity index (χ4n) is 5.09. The maximum absolute atomic E-state index is 14.4. The summed E-state index contributed by atoms with van der Waals surface area (Å²) in [6, 6.07) is 7.28. The zero-order valence-electron chi connectivity index (χ0n) is 19.5. The molecule has 11 heteroatoms. The normalized spacial score (nSPS) is 23.7. The molecule has 0 spiro atoms. The molecule has 4 rings (SSSR count). The van der Waals surface area contributed by atoms with Crippen molar-refractivity contribution in [2.45, 2.75) is 43.1 Å². The Labute approximate surface area is 204 Å². The molecule has 3 N–H and O–H groups in total. The molecular weight excluding hydrogens is 487 g/mol. The van der Waals surface area contributed by atoms with Gasteiger partial charge in [-0.05, 0) is 35.6 Å². The van der Waals surface area contributed by atoms with Gasteiger partial charge in [0.25, 0.3) is 5.56 Å². The summed E-state index contributed by atoms with van der Waals surface area (Å²) in [6.45, 7) is 2.33. The van der Waals surface area contributed by atoms with E-state index in [1.165, 1.54) is 46.3 Å². The monoisotopic (exact) mass is 511 g/mol. The number of ether oxygens (including phenoxy) is 1. The van der Waals surface area contributed by atoms with Crippen LogP contribution < -0.4 is 15.6 Å². The summed E-state index contributed by atoms with van der Waals surface area (Å²) in [5.41, 5.74) is -7.59. The first-order valence-corrected chi connectivity index (χ1v) is 11.1.